The number of hydrogen-bond donors (Lipinski definition) is 2. The number of aromatic hydroxyl groups is 1. The van der Waals surface area contributed by atoms with Crippen LogP contribution in [0.5, 0.6) is 5.75 Å². The molecule has 0 fully saturated rings. The van der Waals surface area contributed by atoms with Gasteiger partial charge in [-0.1, -0.05) is 59.2 Å². The van der Waals surface area contributed by atoms with Crippen LogP contribution in [-0.2, 0) is 6.42 Å². The van der Waals surface area contributed by atoms with Crippen LogP contribution in [0.4, 0.5) is 11.4 Å². The predicted octanol–water partition coefficient (Wildman–Crippen LogP) is 6.49. The van der Waals surface area contributed by atoms with Crippen LogP contribution in [0.1, 0.15) is 32.4 Å². The number of hydrogen-bond acceptors (Lipinski definition) is 4. The van der Waals surface area contributed by atoms with Gasteiger partial charge < -0.3 is 15.0 Å². The van der Waals surface area contributed by atoms with Gasteiger partial charge in [0, 0.05) is 27.3 Å². The molecule has 0 amide bonds. The van der Waals surface area contributed by atoms with E-state index in [9.17, 15) is 9.90 Å². The fourth-order valence-electron chi connectivity index (χ4n) is 3.23. The standard InChI is InChI=1S/C23H25BrN2O2S/c1-3-5-11-19-20(26(4-2)17-9-7-6-8-10-17)21(27)22(23(28)25-19)29-18-14-12-16(24)13-15-18/h6-10,12-15H,3-5,11H2,1-2H3,(H2,25,27,28). The predicted molar refractivity (Wildman–Crippen MR) is 125 cm³/mol. The molecule has 0 aliphatic heterocycles. The number of unbranched alkanes of at least 4 members (excludes halogenated alkanes) is 1. The van der Waals surface area contributed by atoms with Crippen LogP contribution in [0.25, 0.3) is 0 Å². The summed E-state index contributed by atoms with van der Waals surface area (Å²) in [6, 6.07) is 17.6. The van der Waals surface area contributed by atoms with Crippen LogP contribution in [0.3, 0.4) is 0 Å². The molecule has 0 bridgehead atoms. The second-order valence-electron chi connectivity index (χ2n) is 6.70. The van der Waals surface area contributed by atoms with Gasteiger partial charge in [0.2, 0.25) is 0 Å². The lowest BCUT2D eigenvalue weighted by Gasteiger charge is -2.27. The van der Waals surface area contributed by atoms with Gasteiger partial charge in [0.15, 0.2) is 5.75 Å². The first kappa shape index (κ1) is 21.5. The fraction of sp³-hybridized carbons (Fsp3) is 0.261. The van der Waals surface area contributed by atoms with E-state index < -0.39 is 0 Å². The van der Waals surface area contributed by atoms with E-state index in [1.165, 1.54) is 11.8 Å². The molecule has 0 aliphatic carbocycles. The number of anilines is 2. The molecule has 0 unspecified atom stereocenters. The van der Waals surface area contributed by atoms with Gasteiger partial charge in [-0.3, -0.25) is 4.79 Å². The van der Waals surface area contributed by atoms with Crippen molar-refractivity contribution in [2.24, 2.45) is 0 Å². The Balaban J connectivity index is 2.12. The largest absolute Gasteiger partial charge is 0.504 e. The molecule has 1 aromatic heterocycles. The minimum atomic E-state index is -0.255. The van der Waals surface area contributed by atoms with Crippen molar-refractivity contribution in [1.82, 2.24) is 4.98 Å². The quantitative estimate of drug-likeness (QED) is 0.393. The molecule has 0 radical (unpaired) electrons. The number of H-pyrrole nitrogens is 1. The molecule has 2 aromatic carbocycles. The van der Waals surface area contributed by atoms with Crippen LogP contribution < -0.4 is 10.5 Å². The summed E-state index contributed by atoms with van der Waals surface area (Å²) in [5.41, 5.74) is 2.19. The van der Waals surface area contributed by atoms with E-state index in [4.69, 9.17) is 0 Å². The van der Waals surface area contributed by atoms with Gasteiger partial charge in [-0.15, -0.1) is 0 Å². The molecule has 0 spiro atoms. The Morgan fingerprint density at radius 2 is 1.76 bits per heavy atom. The maximum absolute atomic E-state index is 12.8. The summed E-state index contributed by atoms with van der Waals surface area (Å²) in [5, 5.41) is 11.2. The molecule has 0 aliphatic rings. The number of aryl methyl sites for hydroxylation is 1. The molecule has 0 atom stereocenters. The van der Waals surface area contributed by atoms with Crippen molar-refractivity contribution in [3.63, 3.8) is 0 Å². The number of rotatable bonds is 8. The molecule has 3 aromatic rings. The van der Waals surface area contributed by atoms with Crippen LogP contribution in [0.15, 0.2) is 73.7 Å². The summed E-state index contributed by atoms with van der Waals surface area (Å²) >= 11 is 4.70. The maximum atomic E-state index is 12.8. The lowest BCUT2D eigenvalue weighted by Crippen LogP contribution is -2.22. The Morgan fingerprint density at radius 3 is 2.38 bits per heavy atom. The molecule has 29 heavy (non-hydrogen) atoms. The van der Waals surface area contributed by atoms with Gasteiger partial charge in [0.1, 0.15) is 10.6 Å². The van der Waals surface area contributed by atoms with E-state index in [1.54, 1.807) is 0 Å². The number of aromatic amines is 1. The average Bonchev–Trinajstić information content (AvgIpc) is 2.74. The van der Waals surface area contributed by atoms with Gasteiger partial charge in [0.25, 0.3) is 5.56 Å². The summed E-state index contributed by atoms with van der Waals surface area (Å²) in [5.74, 6) is 0.0403. The van der Waals surface area contributed by atoms with Crippen molar-refractivity contribution in [3.05, 3.63) is 75.1 Å². The molecule has 1 heterocycles. The summed E-state index contributed by atoms with van der Waals surface area (Å²) in [6.07, 6.45) is 2.66. The van der Waals surface area contributed by atoms with Gasteiger partial charge in [0.05, 0.1) is 0 Å². The Bertz CT molecular complexity index is 1000. The Hall–Kier alpha value is -2.18. The van der Waals surface area contributed by atoms with Crippen LogP contribution in [0.2, 0.25) is 0 Å². The molecular formula is C23H25BrN2O2S. The maximum Gasteiger partial charge on any atom is 0.266 e. The minimum absolute atomic E-state index is 0.0403. The number of halogens is 1. The minimum Gasteiger partial charge on any atom is -0.504 e. The second-order valence-corrected chi connectivity index (χ2v) is 8.70. The molecular weight excluding hydrogens is 448 g/mol. The monoisotopic (exact) mass is 472 g/mol. The number of pyridine rings is 1. The number of para-hydroxylation sites is 1. The Morgan fingerprint density at radius 1 is 1.07 bits per heavy atom. The van der Waals surface area contributed by atoms with E-state index in [-0.39, 0.29) is 11.3 Å². The summed E-state index contributed by atoms with van der Waals surface area (Å²) < 4.78 is 0.969. The summed E-state index contributed by atoms with van der Waals surface area (Å²) in [7, 11) is 0. The van der Waals surface area contributed by atoms with Gasteiger partial charge >= 0.3 is 0 Å². The lowest BCUT2D eigenvalue weighted by molar-refractivity contribution is 0.458. The smallest absolute Gasteiger partial charge is 0.266 e. The molecule has 152 valence electrons. The average molecular weight is 473 g/mol. The normalized spacial score (nSPS) is 10.9. The van der Waals surface area contributed by atoms with E-state index in [1.807, 2.05) is 61.5 Å². The lowest BCUT2D eigenvalue weighted by atomic mass is 10.1. The van der Waals surface area contributed by atoms with Crippen molar-refractivity contribution in [2.45, 2.75) is 42.9 Å². The molecule has 4 nitrogen and oxygen atoms in total. The number of nitrogens with zero attached hydrogens (tertiary/aromatic N) is 1. The number of aromatic nitrogens is 1. The molecule has 3 rings (SSSR count). The van der Waals surface area contributed by atoms with Gasteiger partial charge in [-0.2, -0.15) is 0 Å². The van der Waals surface area contributed by atoms with E-state index in [0.717, 1.165) is 33.6 Å². The van der Waals surface area contributed by atoms with Crippen LogP contribution >= 0.6 is 27.7 Å². The zero-order chi connectivity index (χ0) is 20.8. The highest BCUT2D eigenvalue weighted by Crippen LogP contribution is 2.42. The van der Waals surface area contributed by atoms with Gasteiger partial charge in [-0.05, 0) is 56.2 Å². The van der Waals surface area contributed by atoms with Crippen molar-refractivity contribution in [1.29, 1.82) is 0 Å². The Labute approximate surface area is 184 Å². The van der Waals surface area contributed by atoms with Crippen LogP contribution in [-0.4, -0.2) is 16.6 Å². The van der Waals surface area contributed by atoms with Crippen molar-refractivity contribution >= 4 is 39.1 Å². The first-order chi connectivity index (χ1) is 14.0. The number of nitrogens with one attached hydrogen (secondary N) is 1. The zero-order valence-electron chi connectivity index (χ0n) is 16.6. The van der Waals surface area contributed by atoms with Crippen LogP contribution in [0, 0.1) is 0 Å². The highest BCUT2D eigenvalue weighted by atomic mass is 79.9. The summed E-state index contributed by atoms with van der Waals surface area (Å²) in [4.78, 5) is 19.1. The SMILES string of the molecule is CCCCc1[nH]c(=O)c(Sc2ccc(Br)cc2)c(O)c1N(CC)c1ccccc1. The molecule has 0 saturated heterocycles. The highest BCUT2D eigenvalue weighted by molar-refractivity contribution is 9.10. The van der Waals surface area contributed by atoms with E-state index in [2.05, 4.69) is 32.7 Å². The van der Waals surface area contributed by atoms with E-state index in [0.29, 0.717) is 23.5 Å². The van der Waals surface area contributed by atoms with E-state index >= 15 is 0 Å². The third kappa shape index (κ3) is 5.06. The van der Waals surface area contributed by atoms with Crippen molar-refractivity contribution < 1.29 is 5.11 Å². The third-order valence-corrected chi connectivity index (χ3v) is 6.28. The topological polar surface area (TPSA) is 56.3 Å². The first-order valence-electron chi connectivity index (χ1n) is 9.79. The van der Waals surface area contributed by atoms with Crippen molar-refractivity contribution in [2.75, 3.05) is 11.4 Å². The highest BCUT2D eigenvalue weighted by Gasteiger charge is 2.23. The fourth-order valence-corrected chi connectivity index (χ4v) is 4.34. The van der Waals surface area contributed by atoms with Crippen molar-refractivity contribution in [3.8, 4) is 5.75 Å². The second kappa shape index (κ2) is 10.0. The number of benzene rings is 2. The molecule has 0 saturated carbocycles. The third-order valence-electron chi connectivity index (χ3n) is 4.66. The Kier molecular flexibility index (Phi) is 7.45. The zero-order valence-corrected chi connectivity index (χ0v) is 19.0. The van der Waals surface area contributed by atoms with Gasteiger partial charge in [-0.25, -0.2) is 0 Å². The first-order valence-corrected chi connectivity index (χ1v) is 11.4. The molecule has 2 N–H and O–H groups in total. The molecule has 6 heteroatoms. The summed E-state index contributed by atoms with van der Waals surface area (Å²) in [6.45, 7) is 4.83.